The van der Waals surface area contributed by atoms with Crippen LogP contribution in [0.3, 0.4) is 0 Å². The van der Waals surface area contributed by atoms with Gasteiger partial charge in [0.05, 0.1) is 6.10 Å². The van der Waals surface area contributed by atoms with Crippen molar-refractivity contribution in [3.63, 3.8) is 0 Å². The lowest BCUT2D eigenvalue weighted by molar-refractivity contribution is 0.239. The molecule has 0 aromatic heterocycles. The lowest BCUT2D eigenvalue weighted by atomic mass is 10.1. The van der Waals surface area contributed by atoms with Crippen LogP contribution in [-0.2, 0) is 6.61 Å². The molecular weight excluding hydrogens is 264 g/mol. The van der Waals surface area contributed by atoms with E-state index in [1.165, 1.54) is 0 Å². The minimum absolute atomic E-state index is 0.00577. The third-order valence-corrected chi connectivity index (χ3v) is 2.83. The smallest absolute Gasteiger partial charge is 0.124 e. The molecule has 0 saturated heterocycles. The van der Waals surface area contributed by atoms with Gasteiger partial charge in [0.15, 0.2) is 0 Å². The van der Waals surface area contributed by atoms with Crippen molar-refractivity contribution in [3.05, 3.63) is 66.2 Å². The van der Waals surface area contributed by atoms with E-state index in [0.29, 0.717) is 23.7 Å². The van der Waals surface area contributed by atoms with Crippen LogP contribution in [-0.4, -0.2) is 11.2 Å². The Kier molecular flexibility index (Phi) is 4.88. The van der Waals surface area contributed by atoms with Crippen molar-refractivity contribution in [1.29, 1.82) is 0 Å². The molecule has 0 heterocycles. The predicted octanol–water partition coefficient (Wildman–Crippen LogP) is 4.58. The molecule has 0 aliphatic heterocycles. The SMILES string of the molecule is C=C(O)c1cc(OCc2ccccc2)cc(OC(C)C)c1. The Labute approximate surface area is 125 Å². The van der Waals surface area contributed by atoms with E-state index in [1.54, 1.807) is 12.1 Å². The Morgan fingerprint density at radius 3 is 2.38 bits per heavy atom. The third-order valence-electron chi connectivity index (χ3n) is 2.83. The van der Waals surface area contributed by atoms with E-state index in [1.807, 2.05) is 50.2 Å². The Hall–Kier alpha value is -2.42. The van der Waals surface area contributed by atoms with Gasteiger partial charge in [0.1, 0.15) is 23.9 Å². The first-order valence-electron chi connectivity index (χ1n) is 6.91. The molecule has 0 saturated carbocycles. The second-order valence-corrected chi connectivity index (χ2v) is 5.08. The Balaban J connectivity index is 2.17. The number of hydrogen-bond acceptors (Lipinski definition) is 3. The zero-order valence-corrected chi connectivity index (χ0v) is 12.4. The Morgan fingerprint density at radius 2 is 1.76 bits per heavy atom. The van der Waals surface area contributed by atoms with E-state index in [9.17, 15) is 5.11 Å². The molecule has 0 unspecified atom stereocenters. The normalized spacial score (nSPS) is 10.4. The van der Waals surface area contributed by atoms with Crippen LogP contribution in [0.15, 0.2) is 55.1 Å². The summed E-state index contributed by atoms with van der Waals surface area (Å²) in [5.74, 6) is 1.29. The number of rotatable bonds is 6. The van der Waals surface area contributed by atoms with Crippen LogP contribution < -0.4 is 9.47 Å². The van der Waals surface area contributed by atoms with Crippen molar-refractivity contribution in [2.45, 2.75) is 26.6 Å². The highest BCUT2D eigenvalue weighted by Crippen LogP contribution is 2.27. The van der Waals surface area contributed by atoms with Gasteiger partial charge in [-0.15, -0.1) is 0 Å². The molecule has 0 radical (unpaired) electrons. The first kappa shape index (κ1) is 15.0. The fourth-order valence-electron chi connectivity index (χ4n) is 1.90. The molecule has 0 spiro atoms. The summed E-state index contributed by atoms with van der Waals surface area (Å²) >= 11 is 0. The number of ether oxygens (including phenoxy) is 2. The molecule has 21 heavy (non-hydrogen) atoms. The molecule has 0 aliphatic rings. The molecule has 1 N–H and O–H groups in total. The van der Waals surface area contributed by atoms with E-state index in [-0.39, 0.29) is 11.9 Å². The topological polar surface area (TPSA) is 38.7 Å². The van der Waals surface area contributed by atoms with Gasteiger partial charge in [-0.05, 0) is 31.5 Å². The van der Waals surface area contributed by atoms with Gasteiger partial charge in [0.25, 0.3) is 0 Å². The predicted molar refractivity (Wildman–Crippen MR) is 84.6 cm³/mol. The fraction of sp³-hybridized carbons (Fsp3) is 0.222. The minimum atomic E-state index is -0.00577. The summed E-state index contributed by atoms with van der Waals surface area (Å²) < 4.78 is 11.4. The molecule has 0 bridgehead atoms. The lowest BCUT2D eigenvalue weighted by Crippen LogP contribution is -2.06. The van der Waals surface area contributed by atoms with Crippen molar-refractivity contribution >= 4 is 5.76 Å². The lowest BCUT2D eigenvalue weighted by Gasteiger charge is -2.14. The summed E-state index contributed by atoms with van der Waals surface area (Å²) in [6, 6.07) is 15.2. The molecule has 110 valence electrons. The summed E-state index contributed by atoms with van der Waals surface area (Å²) in [5, 5.41) is 9.59. The van der Waals surface area contributed by atoms with Gasteiger partial charge in [0, 0.05) is 11.6 Å². The standard InChI is InChI=1S/C18H20O3/c1-13(2)21-18-10-16(14(3)19)9-17(11-18)20-12-15-7-5-4-6-8-15/h4-11,13,19H,3,12H2,1-2H3. The number of hydrogen-bond donors (Lipinski definition) is 1. The van der Waals surface area contributed by atoms with Crippen molar-refractivity contribution in [3.8, 4) is 11.5 Å². The van der Waals surface area contributed by atoms with Crippen LogP contribution >= 0.6 is 0 Å². The number of aliphatic hydroxyl groups is 1. The van der Waals surface area contributed by atoms with Gasteiger partial charge in [-0.3, -0.25) is 0 Å². The minimum Gasteiger partial charge on any atom is -0.508 e. The van der Waals surface area contributed by atoms with Crippen molar-refractivity contribution in [2.75, 3.05) is 0 Å². The highest BCUT2D eigenvalue weighted by molar-refractivity contribution is 5.60. The van der Waals surface area contributed by atoms with Crippen LogP contribution in [0.1, 0.15) is 25.0 Å². The highest BCUT2D eigenvalue weighted by atomic mass is 16.5. The van der Waals surface area contributed by atoms with Gasteiger partial charge >= 0.3 is 0 Å². The monoisotopic (exact) mass is 284 g/mol. The van der Waals surface area contributed by atoms with Gasteiger partial charge in [-0.2, -0.15) is 0 Å². The maximum Gasteiger partial charge on any atom is 0.124 e. The van der Waals surface area contributed by atoms with Crippen molar-refractivity contribution in [2.24, 2.45) is 0 Å². The van der Waals surface area contributed by atoms with E-state index >= 15 is 0 Å². The largest absolute Gasteiger partial charge is 0.508 e. The Morgan fingerprint density at radius 1 is 1.10 bits per heavy atom. The summed E-state index contributed by atoms with van der Waals surface area (Å²) in [7, 11) is 0. The summed E-state index contributed by atoms with van der Waals surface area (Å²) in [5.41, 5.74) is 1.67. The number of aliphatic hydroxyl groups excluding tert-OH is 1. The molecular formula is C18H20O3. The molecule has 2 rings (SSSR count). The van der Waals surface area contributed by atoms with Crippen LogP contribution in [0.4, 0.5) is 0 Å². The highest BCUT2D eigenvalue weighted by Gasteiger charge is 2.07. The Bertz CT molecular complexity index is 603. The molecule has 0 aliphatic carbocycles. The molecule has 0 amide bonds. The molecule has 3 nitrogen and oxygen atoms in total. The fourth-order valence-corrected chi connectivity index (χ4v) is 1.90. The number of benzene rings is 2. The van der Waals surface area contributed by atoms with Crippen LogP contribution in [0.5, 0.6) is 11.5 Å². The zero-order chi connectivity index (χ0) is 15.2. The first-order chi connectivity index (χ1) is 10.0. The summed E-state index contributed by atoms with van der Waals surface area (Å²) in [6.45, 7) is 7.91. The second-order valence-electron chi connectivity index (χ2n) is 5.08. The quantitative estimate of drug-likeness (QED) is 0.789. The summed E-state index contributed by atoms with van der Waals surface area (Å²) in [4.78, 5) is 0. The van der Waals surface area contributed by atoms with Crippen LogP contribution in [0.2, 0.25) is 0 Å². The maximum absolute atomic E-state index is 9.59. The van der Waals surface area contributed by atoms with Gasteiger partial charge in [0.2, 0.25) is 0 Å². The zero-order valence-electron chi connectivity index (χ0n) is 12.4. The molecule has 0 fully saturated rings. The van der Waals surface area contributed by atoms with E-state index in [2.05, 4.69) is 6.58 Å². The molecule has 2 aromatic rings. The first-order valence-corrected chi connectivity index (χ1v) is 6.91. The van der Waals surface area contributed by atoms with E-state index in [4.69, 9.17) is 9.47 Å². The molecule has 0 atom stereocenters. The molecule has 3 heteroatoms. The van der Waals surface area contributed by atoms with Crippen molar-refractivity contribution in [1.82, 2.24) is 0 Å². The van der Waals surface area contributed by atoms with Crippen LogP contribution in [0, 0.1) is 0 Å². The average Bonchev–Trinajstić information content (AvgIpc) is 2.45. The second kappa shape index (κ2) is 6.84. The van der Waals surface area contributed by atoms with Gasteiger partial charge < -0.3 is 14.6 Å². The van der Waals surface area contributed by atoms with Crippen LogP contribution in [0.25, 0.3) is 5.76 Å². The van der Waals surface area contributed by atoms with E-state index < -0.39 is 0 Å². The van der Waals surface area contributed by atoms with Crippen molar-refractivity contribution < 1.29 is 14.6 Å². The summed E-state index contributed by atoms with van der Waals surface area (Å²) in [6.07, 6.45) is 0.0502. The maximum atomic E-state index is 9.59. The average molecular weight is 284 g/mol. The van der Waals surface area contributed by atoms with Gasteiger partial charge in [-0.25, -0.2) is 0 Å². The molecule has 2 aromatic carbocycles. The third kappa shape index (κ3) is 4.56. The van der Waals surface area contributed by atoms with E-state index in [0.717, 1.165) is 5.56 Å². The van der Waals surface area contributed by atoms with Gasteiger partial charge in [-0.1, -0.05) is 36.9 Å².